The molecule has 0 saturated carbocycles. The first-order chi connectivity index (χ1) is 13.4. The number of rotatable bonds is 5. The van der Waals surface area contributed by atoms with Gasteiger partial charge in [0.05, 0.1) is 22.7 Å². The molecule has 0 spiro atoms. The fourth-order valence-corrected chi connectivity index (χ4v) is 5.25. The summed E-state index contributed by atoms with van der Waals surface area (Å²) in [7, 11) is 0. The number of benzene rings is 2. The highest BCUT2D eigenvalue weighted by atomic mass is 32.1. The van der Waals surface area contributed by atoms with Crippen molar-refractivity contribution >= 4 is 29.4 Å². The van der Waals surface area contributed by atoms with Crippen LogP contribution in [0.25, 0.3) is 16.8 Å². The van der Waals surface area contributed by atoms with Crippen LogP contribution in [-0.2, 0) is 5.54 Å². The molecule has 0 radical (unpaired) electrons. The zero-order chi connectivity index (χ0) is 19.9. The third-order valence-corrected chi connectivity index (χ3v) is 7.08. The fourth-order valence-electron chi connectivity index (χ4n) is 3.59. The van der Waals surface area contributed by atoms with E-state index >= 15 is 0 Å². The van der Waals surface area contributed by atoms with Gasteiger partial charge in [-0.3, -0.25) is 3.96 Å². The lowest BCUT2D eigenvalue weighted by molar-refractivity contribution is 0.309. The van der Waals surface area contributed by atoms with Crippen molar-refractivity contribution < 1.29 is 4.74 Å². The molecule has 2 heterocycles. The average molecular weight is 411 g/mol. The molecule has 3 nitrogen and oxygen atoms in total. The summed E-state index contributed by atoms with van der Waals surface area (Å²) in [5.41, 5.74) is 5.70. The minimum atomic E-state index is -0.162. The molecule has 0 saturated heterocycles. The Morgan fingerprint density at radius 2 is 1.89 bits per heavy atom. The second-order valence-corrected chi connectivity index (χ2v) is 9.23. The van der Waals surface area contributed by atoms with Gasteiger partial charge in [0.15, 0.2) is 0 Å². The summed E-state index contributed by atoms with van der Waals surface area (Å²) in [5.74, 6) is 0.910. The fraction of sp³-hybridized carbons (Fsp3) is 0.348. The Morgan fingerprint density at radius 3 is 2.61 bits per heavy atom. The summed E-state index contributed by atoms with van der Waals surface area (Å²) in [6.45, 7) is 9.49. The van der Waals surface area contributed by atoms with Gasteiger partial charge >= 0.3 is 0 Å². The van der Waals surface area contributed by atoms with E-state index < -0.39 is 0 Å². The predicted octanol–water partition coefficient (Wildman–Crippen LogP) is 7.08. The summed E-state index contributed by atoms with van der Waals surface area (Å²) in [5, 5.41) is 3.68. The van der Waals surface area contributed by atoms with Crippen LogP contribution in [0.5, 0.6) is 5.75 Å². The first-order valence-electron chi connectivity index (χ1n) is 9.80. The number of aryl methyl sites for hydroxylation is 1. The molecule has 1 N–H and O–H groups in total. The van der Waals surface area contributed by atoms with Crippen LogP contribution in [0.3, 0.4) is 0 Å². The molecule has 1 aliphatic heterocycles. The van der Waals surface area contributed by atoms with Gasteiger partial charge in [-0.25, -0.2) is 0 Å². The second kappa shape index (κ2) is 7.37. The summed E-state index contributed by atoms with van der Waals surface area (Å²) in [6, 6.07) is 14.8. The van der Waals surface area contributed by atoms with Gasteiger partial charge in [0, 0.05) is 16.8 Å². The standard InChI is InChI=1S/C23H26N2OS2/c1-5-6-13-26-17-10-8-16(9-11-17)25-22(27)20-18-14-15(2)7-12-19(18)24-23(3,4)21(20)28-25/h7-12,14,24H,5-6,13H2,1-4H3. The van der Waals surface area contributed by atoms with E-state index in [1.807, 2.05) is 12.1 Å². The molecule has 2 aromatic carbocycles. The molecule has 1 aromatic heterocycles. The highest BCUT2D eigenvalue weighted by Crippen LogP contribution is 2.47. The number of nitrogens with zero attached hydrogens (tertiary/aromatic N) is 1. The SMILES string of the molecule is CCCCOc1ccc(-n2sc3c(c2=S)-c2cc(C)ccc2NC3(C)C)cc1. The van der Waals surface area contributed by atoms with E-state index in [1.165, 1.54) is 21.6 Å². The van der Waals surface area contributed by atoms with Gasteiger partial charge < -0.3 is 10.1 Å². The van der Waals surface area contributed by atoms with Gasteiger partial charge in [-0.15, -0.1) is 0 Å². The van der Waals surface area contributed by atoms with E-state index in [-0.39, 0.29) is 5.54 Å². The van der Waals surface area contributed by atoms with E-state index in [9.17, 15) is 0 Å². The Hall–Kier alpha value is -2.11. The lowest BCUT2D eigenvalue weighted by atomic mass is 9.89. The number of hydrogen-bond acceptors (Lipinski definition) is 4. The molecule has 0 amide bonds. The zero-order valence-electron chi connectivity index (χ0n) is 16.8. The normalized spacial score (nSPS) is 14.1. The maximum atomic E-state index is 5.95. The smallest absolute Gasteiger partial charge is 0.129 e. The molecule has 28 heavy (non-hydrogen) atoms. The van der Waals surface area contributed by atoms with E-state index in [0.717, 1.165) is 41.2 Å². The van der Waals surface area contributed by atoms with Gasteiger partial charge in [-0.2, -0.15) is 0 Å². The molecule has 0 fully saturated rings. The van der Waals surface area contributed by atoms with Crippen LogP contribution >= 0.6 is 23.8 Å². The van der Waals surface area contributed by atoms with Gasteiger partial charge in [-0.05, 0) is 63.6 Å². The Labute approximate surface area is 176 Å². The first-order valence-corrected chi connectivity index (χ1v) is 11.0. The Morgan fingerprint density at radius 1 is 1.14 bits per heavy atom. The lowest BCUT2D eigenvalue weighted by Crippen LogP contribution is -2.30. The third-order valence-electron chi connectivity index (χ3n) is 5.11. The van der Waals surface area contributed by atoms with Gasteiger partial charge in [0.25, 0.3) is 0 Å². The minimum Gasteiger partial charge on any atom is -0.494 e. The van der Waals surface area contributed by atoms with E-state index in [1.54, 1.807) is 11.5 Å². The topological polar surface area (TPSA) is 26.2 Å². The predicted molar refractivity (Wildman–Crippen MR) is 122 cm³/mol. The number of nitrogens with one attached hydrogen (secondary N) is 1. The molecule has 3 aromatic rings. The van der Waals surface area contributed by atoms with Crippen molar-refractivity contribution in [2.75, 3.05) is 11.9 Å². The molecular formula is C23H26N2OS2. The van der Waals surface area contributed by atoms with Crippen molar-refractivity contribution in [3.8, 4) is 22.6 Å². The van der Waals surface area contributed by atoms with Crippen molar-refractivity contribution in [3.05, 3.63) is 57.5 Å². The Kier molecular flexibility index (Phi) is 5.06. The summed E-state index contributed by atoms with van der Waals surface area (Å²) < 4.78 is 8.84. The molecule has 1 aliphatic rings. The number of anilines is 1. The van der Waals surface area contributed by atoms with Crippen LogP contribution in [0, 0.1) is 11.6 Å². The second-order valence-electron chi connectivity index (χ2n) is 7.89. The molecule has 4 rings (SSSR count). The van der Waals surface area contributed by atoms with E-state index in [4.69, 9.17) is 17.0 Å². The van der Waals surface area contributed by atoms with E-state index in [0.29, 0.717) is 0 Å². The largest absolute Gasteiger partial charge is 0.494 e. The quantitative estimate of drug-likeness (QED) is 0.359. The van der Waals surface area contributed by atoms with Crippen molar-refractivity contribution in [1.82, 2.24) is 3.96 Å². The van der Waals surface area contributed by atoms with Crippen LogP contribution in [0.15, 0.2) is 42.5 Å². The van der Waals surface area contributed by atoms with Gasteiger partial charge in [0.2, 0.25) is 0 Å². The third kappa shape index (κ3) is 3.38. The van der Waals surface area contributed by atoms with Gasteiger partial charge in [0.1, 0.15) is 10.4 Å². The molecule has 146 valence electrons. The van der Waals surface area contributed by atoms with Crippen molar-refractivity contribution in [2.24, 2.45) is 0 Å². The molecule has 0 atom stereocenters. The summed E-state index contributed by atoms with van der Waals surface area (Å²) in [4.78, 5) is 1.28. The van der Waals surface area contributed by atoms with Gasteiger partial charge in [-0.1, -0.05) is 48.7 Å². The van der Waals surface area contributed by atoms with Crippen LogP contribution < -0.4 is 10.1 Å². The molecular weight excluding hydrogens is 384 g/mol. The molecule has 0 unspecified atom stereocenters. The van der Waals surface area contributed by atoms with Crippen molar-refractivity contribution in [3.63, 3.8) is 0 Å². The highest BCUT2D eigenvalue weighted by molar-refractivity contribution is 7.71. The number of hydrogen-bond donors (Lipinski definition) is 1. The maximum Gasteiger partial charge on any atom is 0.129 e. The first kappa shape index (κ1) is 19.2. The number of unbranched alkanes of at least 4 members (excludes halogenated alkanes) is 1. The van der Waals surface area contributed by atoms with Crippen molar-refractivity contribution in [1.29, 1.82) is 0 Å². The number of fused-ring (bicyclic) bond motifs is 3. The Balaban J connectivity index is 1.77. The maximum absolute atomic E-state index is 5.95. The van der Waals surface area contributed by atoms with Crippen LogP contribution in [-0.4, -0.2) is 10.6 Å². The Bertz CT molecular complexity index is 1060. The monoisotopic (exact) mass is 410 g/mol. The summed E-state index contributed by atoms with van der Waals surface area (Å²) in [6.07, 6.45) is 2.21. The minimum absolute atomic E-state index is 0.162. The zero-order valence-corrected chi connectivity index (χ0v) is 18.5. The lowest BCUT2D eigenvalue weighted by Gasteiger charge is -2.33. The van der Waals surface area contributed by atoms with Crippen LogP contribution in [0.2, 0.25) is 0 Å². The molecule has 5 heteroatoms. The number of aromatic nitrogens is 1. The van der Waals surface area contributed by atoms with Crippen LogP contribution in [0.4, 0.5) is 5.69 Å². The van der Waals surface area contributed by atoms with Crippen LogP contribution in [0.1, 0.15) is 44.1 Å². The average Bonchev–Trinajstić information content (AvgIpc) is 3.02. The summed E-state index contributed by atoms with van der Waals surface area (Å²) >= 11 is 7.68. The molecule has 0 aliphatic carbocycles. The number of ether oxygens (including phenoxy) is 1. The van der Waals surface area contributed by atoms with E-state index in [2.05, 4.69) is 67.3 Å². The van der Waals surface area contributed by atoms with Crippen molar-refractivity contribution in [2.45, 2.75) is 46.1 Å². The molecule has 0 bridgehead atoms. The highest BCUT2D eigenvalue weighted by Gasteiger charge is 2.34.